The molecule has 0 radical (unpaired) electrons. The monoisotopic (exact) mass is 382 g/mol. The van der Waals surface area contributed by atoms with E-state index in [1.807, 2.05) is 31.2 Å². The number of hydrogen-bond donors (Lipinski definition) is 1. The maximum atomic E-state index is 11.2. The van der Waals surface area contributed by atoms with Crippen molar-refractivity contribution in [1.82, 2.24) is 24.5 Å². The Morgan fingerprint density at radius 3 is 2.89 bits per heavy atom. The van der Waals surface area contributed by atoms with Crippen molar-refractivity contribution in [3.05, 3.63) is 36.2 Å². The third-order valence-corrected chi connectivity index (χ3v) is 5.15. The number of likely N-dealkylation sites (N-methyl/N-ethyl adjacent to an activating group) is 1. The molecule has 0 aliphatic carbocycles. The molecule has 146 valence electrons. The summed E-state index contributed by atoms with van der Waals surface area (Å²) in [5.74, 6) is 1.31. The number of amides is 1. The van der Waals surface area contributed by atoms with E-state index in [1.165, 1.54) is 4.90 Å². The van der Waals surface area contributed by atoms with E-state index in [0.717, 1.165) is 41.4 Å². The van der Waals surface area contributed by atoms with E-state index in [2.05, 4.69) is 14.9 Å². The largest absolute Gasteiger partial charge is 0.480 e. The average molecular weight is 382 g/mol. The lowest BCUT2D eigenvalue weighted by molar-refractivity contribution is 0.142. The summed E-state index contributed by atoms with van der Waals surface area (Å²) < 4.78 is 7.22. The van der Waals surface area contributed by atoms with Gasteiger partial charge in [0.05, 0.1) is 30.6 Å². The minimum absolute atomic E-state index is 0.0429. The zero-order valence-electron chi connectivity index (χ0n) is 16.0. The van der Waals surface area contributed by atoms with Crippen molar-refractivity contribution in [3.8, 4) is 17.1 Å². The molecule has 1 amide bonds. The number of methoxy groups -OCH3 is 1. The van der Waals surface area contributed by atoms with Crippen molar-refractivity contribution in [1.29, 1.82) is 0 Å². The molecule has 1 N–H and O–H groups in total. The minimum atomic E-state index is -0.911. The van der Waals surface area contributed by atoms with E-state index in [4.69, 9.17) is 9.84 Å². The van der Waals surface area contributed by atoms with E-state index in [0.29, 0.717) is 12.4 Å². The van der Waals surface area contributed by atoms with Gasteiger partial charge in [0, 0.05) is 25.8 Å². The van der Waals surface area contributed by atoms with Crippen molar-refractivity contribution >= 4 is 17.6 Å². The Morgan fingerprint density at radius 1 is 1.32 bits per heavy atom. The molecule has 4 heterocycles. The van der Waals surface area contributed by atoms with Crippen molar-refractivity contribution in [2.75, 3.05) is 32.1 Å². The van der Waals surface area contributed by atoms with Crippen LogP contribution in [-0.2, 0) is 0 Å². The zero-order valence-corrected chi connectivity index (χ0v) is 16.0. The van der Waals surface area contributed by atoms with Crippen molar-refractivity contribution < 1.29 is 14.6 Å². The summed E-state index contributed by atoms with van der Waals surface area (Å²) in [6.07, 6.45) is 1.62. The Kier molecular flexibility index (Phi) is 4.50. The third-order valence-electron chi connectivity index (χ3n) is 5.15. The summed E-state index contributed by atoms with van der Waals surface area (Å²) in [5, 5.41) is 14.0. The van der Waals surface area contributed by atoms with Crippen LogP contribution >= 0.6 is 0 Å². The van der Waals surface area contributed by atoms with Gasteiger partial charge in [-0.2, -0.15) is 0 Å². The average Bonchev–Trinajstić information content (AvgIpc) is 3.34. The number of ether oxygens (including phenoxy) is 1. The second kappa shape index (κ2) is 6.99. The molecular weight excluding hydrogens is 360 g/mol. The highest BCUT2D eigenvalue weighted by molar-refractivity contribution is 5.68. The lowest BCUT2D eigenvalue weighted by Crippen LogP contribution is -2.38. The molecule has 1 aliphatic heterocycles. The summed E-state index contributed by atoms with van der Waals surface area (Å²) in [7, 11) is 3.20. The summed E-state index contributed by atoms with van der Waals surface area (Å²) in [5.41, 5.74) is 3.20. The smallest absolute Gasteiger partial charge is 0.407 e. The van der Waals surface area contributed by atoms with Crippen LogP contribution in [0.1, 0.15) is 12.1 Å². The third kappa shape index (κ3) is 3.08. The van der Waals surface area contributed by atoms with Crippen LogP contribution < -0.4 is 9.64 Å². The predicted octanol–water partition coefficient (Wildman–Crippen LogP) is 2.30. The highest BCUT2D eigenvalue weighted by Gasteiger charge is 2.29. The molecule has 9 heteroatoms. The van der Waals surface area contributed by atoms with E-state index in [1.54, 1.807) is 24.9 Å². The van der Waals surface area contributed by atoms with Gasteiger partial charge < -0.3 is 19.6 Å². The highest BCUT2D eigenvalue weighted by Crippen LogP contribution is 2.29. The normalized spacial score (nSPS) is 16.5. The minimum Gasteiger partial charge on any atom is -0.480 e. The number of aryl methyl sites for hydroxylation is 1. The molecule has 4 rings (SSSR count). The maximum absolute atomic E-state index is 11.2. The van der Waals surface area contributed by atoms with Crippen LogP contribution in [0.2, 0.25) is 0 Å². The van der Waals surface area contributed by atoms with Gasteiger partial charge in [-0.3, -0.25) is 0 Å². The lowest BCUT2D eigenvalue weighted by Gasteiger charge is -2.22. The quantitative estimate of drug-likeness (QED) is 0.739. The Bertz CT molecular complexity index is 1030. The fourth-order valence-corrected chi connectivity index (χ4v) is 3.52. The number of fused-ring (bicyclic) bond motifs is 1. The topological polar surface area (TPSA) is 96.1 Å². The molecule has 9 nitrogen and oxygen atoms in total. The number of anilines is 1. The molecule has 1 fully saturated rings. The summed E-state index contributed by atoms with van der Waals surface area (Å²) in [4.78, 5) is 23.6. The highest BCUT2D eigenvalue weighted by atomic mass is 16.5. The van der Waals surface area contributed by atoms with E-state index >= 15 is 0 Å². The van der Waals surface area contributed by atoms with Gasteiger partial charge in [-0.1, -0.05) is 0 Å². The fraction of sp³-hybridized carbons (Fsp3) is 0.368. The Balaban J connectivity index is 1.69. The first-order valence-corrected chi connectivity index (χ1v) is 9.05. The van der Waals surface area contributed by atoms with Crippen LogP contribution in [0.5, 0.6) is 5.88 Å². The SMILES string of the molecule is COc1nc(C)ccc1-c1cnc2ccc(N3CCC(N(C)C(=O)O)C3)nn12. The number of pyridine rings is 1. The zero-order chi connectivity index (χ0) is 19.8. The molecule has 3 aromatic rings. The molecule has 0 aromatic carbocycles. The number of imidazole rings is 1. The fourth-order valence-electron chi connectivity index (χ4n) is 3.52. The van der Waals surface area contributed by atoms with E-state index in [9.17, 15) is 9.90 Å². The van der Waals surface area contributed by atoms with Crippen LogP contribution in [-0.4, -0.2) is 69.0 Å². The number of hydrogen-bond acceptors (Lipinski definition) is 6. The molecule has 0 saturated carbocycles. The number of nitrogens with zero attached hydrogens (tertiary/aromatic N) is 6. The van der Waals surface area contributed by atoms with Gasteiger partial charge in [0.1, 0.15) is 5.82 Å². The van der Waals surface area contributed by atoms with Crippen LogP contribution in [0.3, 0.4) is 0 Å². The van der Waals surface area contributed by atoms with Crippen LogP contribution in [0.25, 0.3) is 16.9 Å². The Labute approximate surface area is 162 Å². The molecule has 28 heavy (non-hydrogen) atoms. The van der Waals surface area contributed by atoms with Gasteiger partial charge in [0.2, 0.25) is 5.88 Å². The van der Waals surface area contributed by atoms with Crippen LogP contribution in [0, 0.1) is 6.92 Å². The van der Waals surface area contributed by atoms with Gasteiger partial charge in [0.15, 0.2) is 5.65 Å². The van der Waals surface area contributed by atoms with E-state index < -0.39 is 6.09 Å². The molecule has 1 atom stereocenters. The number of carbonyl (C=O) groups is 1. The summed E-state index contributed by atoms with van der Waals surface area (Å²) in [6, 6.07) is 7.66. The molecular formula is C19H22N6O3. The molecule has 0 bridgehead atoms. The van der Waals surface area contributed by atoms with Gasteiger partial charge >= 0.3 is 6.09 Å². The predicted molar refractivity (Wildman–Crippen MR) is 104 cm³/mol. The first-order chi connectivity index (χ1) is 13.5. The van der Waals surface area contributed by atoms with Crippen LogP contribution in [0.15, 0.2) is 30.5 Å². The van der Waals surface area contributed by atoms with Gasteiger partial charge in [-0.25, -0.2) is 19.3 Å². The van der Waals surface area contributed by atoms with E-state index in [-0.39, 0.29) is 6.04 Å². The number of carboxylic acid groups (broad SMARTS) is 1. The molecule has 1 saturated heterocycles. The summed E-state index contributed by atoms with van der Waals surface area (Å²) in [6.45, 7) is 3.27. The molecule has 1 aliphatic rings. The van der Waals surface area contributed by atoms with Gasteiger partial charge in [0.25, 0.3) is 0 Å². The first kappa shape index (κ1) is 18.0. The van der Waals surface area contributed by atoms with Gasteiger partial charge in [-0.05, 0) is 37.6 Å². The summed E-state index contributed by atoms with van der Waals surface area (Å²) >= 11 is 0. The van der Waals surface area contributed by atoms with Gasteiger partial charge in [-0.15, -0.1) is 5.10 Å². The molecule has 0 spiro atoms. The van der Waals surface area contributed by atoms with Crippen molar-refractivity contribution in [3.63, 3.8) is 0 Å². The number of aromatic nitrogens is 4. The Hall–Kier alpha value is -3.36. The second-order valence-electron chi connectivity index (χ2n) is 6.90. The first-order valence-electron chi connectivity index (χ1n) is 9.05. The molecule has 1 unspecified atom stereocenters. The molecule has 3 aromatic heterocycles. The number of rotatable bonds is 4. The lowest BCUT2D eigenvalue weighted by atomic mass is 10.2. The van der Waals surface area contributed by atoms with Crippen LogP contribution in [0.4, 0.5) is 10.6 Å². The second-order valence-corrected chi connectivity index (χ2v) is 6.90. The maximum Gasteiger partial charge on any atom is 0.407 e. The Morgan fingerprint density at radius 2 is 2.14 bits per heavy atom. The van der Waals surface area contributed by atoms with Crippen molar-refractivity contribution in [2.45, 2.75) is 19.4 Å². The standard InChI is InChI=1S/C19H22N6O3/c1-12-4-5-14(18(21-12)28-3)15-10-20-16-6-7-17(22-25(15)16)24-9-8-13(11-24)23(2)19(26)27/h4-7,10,13H,8-9,11H2,1-3H3,(H,26,27). The van der Waals surface area contributed by atoms with Crippen molar-refractivity contribution in [2.24, 2.45) is 0 Å².